The van der Waals surface area contributed by atoms with Crippen LogP contribution in [0, 0.1) is 3.57 Å². The molecule has 0 aliphatic carbocycles. The normalized spacial score (nSPS) is 17.4. The predicted molar refractivity (Wildman–Crippen MR) is 111 cm³/mol. The summed E-state index contributed by atoms with van der Waals surface area (Å²) in [5, 5.41) is 3.43. The molecule has 0 spiro atoms. The van der Waals surface area contributed by atoms with Crippen molar-refractivity contribution < 1.29 is 4.79 Å². The number of aliphatic imine (C=N–C) groups is 1. The molecule has 4 nitrogen and oxygen atoms in total. The first kappa shape index (κ1) is 17.0. The lowest BCUT2D eigenvalue weighted by Crippen LogP contribution is -2.19. The Kier molecular flexibility index (Phi) is 5.25. The Morgan fingerprint density at radius 3 is 2.58 bits per heavy atom. The lowest BCUT2D eigenvalue weighted by Gasteiger charge is -2.11. The Balaban J connectivity index is 1.79. The van der Waals surface area contributed by atoms with Crippen molar-refractivity contribution >= 4 is 62.9 Å². The van der Waals surface area contributed by atoms with E-state index < -0.39 is 0 Å². The summed E-state index contributed by atoms with van der Waals surface area (Å²) in [6.07, 6.45) is 1.89. The van der Waals surface area contributed by atoms with Crippen molar-refractivity contribution in [3.8, 4) is 0 Å². The molecular weight excluding hydrogens is 433 g/mol. The Labute approximate surface area is 159 Å². The number of benzene rings is 2. The quantitative estimate of drug-likeness (QED) is 0.563. The highest BCUT2D eigenvalue weighted by molar-refractivity contribution is 14.1. The van der Waals surface area contributed by atoms with Gasteiger partial charge in [-0.15, -0.1) is 0 Å². The smallest absolute Gasteiger partial charge is 0.264 e. The molecule has 1 amide bonds. The first-order valence-corrected chi connectivity index (χ1v) is 9.23. The van der Waals surface area contributed by atoms with Crippen molar-refractivity contribution in [2.24, 2.45) is 4.99 Å². The third-order valence-corrected chi connectivity index (χ3v) is 4.98. The number of hydrogen-bond acceptors (Lipinski definition) is 4. The third-order valence-electron chi connectivity index (χ3n) is 3.40. The van der Waals surface area contributed by atoms with Gasteiger partial charge in [-0.05, 0) is 76.3 Å². The SMILES string of the molecule is CN(C)c1ccc(/C=C2/SC(=Nc3cccc(I)c3)NC2=O)cc1. The van der Waals surface area contributed by atoms with Gasteiger partial charge >= 0.3 is 0 Å². The van der Waals surface area contributed by atoms with Gasteiger partial charge in [0.2, 0.25) is 0 Å². The fourth-order valence-corrected chi connectivity index (χ4v) is 3.53. The van der Waals surface area contributed by atoms with Crippen LogP contribution in [0.15, 0.2) is 58.4 Å². The van der Waals surface area contributed by atoms with E-state index in [1.54, 1.807) is 0 Å². The largest absolute Gasteiger partial charge is 0.378 e. The maximum atomic E-state index is 12.1. The Morgan fingerprint density at radius 1 is 1.17 bits per heavy atom. The molecule has 6 heteroatoms. The highest BCUT2D eigenvalue weighted by Gasteiger charge is 2.23. The molecule has 122 valence electrons. The average Bonchev–Trinajstić information content (AvgIpc) is 2.87. The van der Waals surface area contributed by atoms with Crippen molar-refractivity contribution in [3.05, 3.63) is 62.6 Å². The van der Waals surface area contributed by atoms with Crippen molar-refractivity contribution in [1.29, 1.82) is 0 Å². The summed E-state index contributed by atoms with van der Waals surface area (Å²) in [4.78, 5) is 19.3. The monoisotopic (exact) mass is 449 g/mol. The summed E-state index contributed by atoms with van der Waals surface area (Å²) >= 11 is 3.61. The fraction of sp³-hybridized carbons (Fsp3) is 0.111. The second-order valence-electron chi connectivity index (χ2n) is 5.45. The van der Waals surface area contributed by atoms with E-state index in [9.17, 15) is 4.79 Å². The minimum atomic E-state index is -0.110. The molecule has 1 aliphatic heterocycles. The molecule has 24 heavy (non-hydrogen) atoms. The molecule has 1 heterocycles. The van der Waals surface area contributed by atoms with E-state index in [4.69, 9.17) is 0 Å². The van der Waals surface area contributed by atoms with Crippen LogP contribution >= 0.6 is 34.4 Å². The van der Waals surface area contributed by atoms with Gasteiger partial charge in [-0.3, -0.25) is 4.79 Å². The molecule has 1 N–H and O–H groups in total. The summed E-state index contributed by atoms with van der Waals surface area (Å²) in [5.41, 5.74) is 2.96. The Bertz CT molecular complexity index is 828. The number of thioether (sulfide) groups is 1. The molecule has 0 unspecified atom stereocenters. The summed E-state index contributed by atoms with van der Waals surface area (Å²) in [6.45, 7) is 0. The van der Waals surface area contributed by atoms with Gasteiger partial charge < -0.3 is 10.2 Å². The molecular formula is C18H16IN3OS. The zero-order valence-corrected chi connectivity index (χ0v) is 16.3. The van der Waals surface area contributed by atoms with Crippen LogP contribution in [-0.2, 0) is 4.79 Å². The van der Waals surface area contributed by atoms with E-state index >= 15 is 0 Å². The van der Waals surface area contributed by atoms with E-state index in [1.807, 2.05) is 73.6 Å². The molecule has 0 radical (unpaired) electrons. The van der Waals surface area contributed by atoms with Crippen LogP contribution < -0.4 is 10.2 Å². The second-order valence-corrected chi connectivity index (χ2v) is 7.72. The number of rotatable bonds is 3. The van der Waals surface area contributed by atoms with Crippen LogP contribution in [0.4, 0.5) is 11.4 Å². The summed E-state index contributed by atoms with van der Waals surface area (Å²) in [6, 6.07) is 15.9. The van der Waals surface area contributed by atoms with Crippen molar-refractivity contribution in [1.82, 2.24) is 5.32 Å². The van der Waals surface area contributed by atoms with E-state index in [0.717, 1.165) is 20.5 Å². The molecule has 0 atom stereocenters. The summed E-state index contributed by atoms with van der Waals surface area (Å²) in [5.74, 6) is -0.110. The highest BCUT2D eigenvalue weighted by Crippen LogP contribution is 2.28. The molecule has 0 bridgehead atoms. The van der Waals surface area contributed by atoms with Gasteiger partial charge in [0.15, 0.2) is 5.17 Å². The number of amides is 1. The molecule has 0 aromatic heterocycles. The average molecular weight is 449 g/mol. The van der Waals surface area contributed by atoms with Crippen LogP contribution in [0.3, 0.4) is 0 Å². The van der Waals surface area contributed by atoms with Gasteiger partial charge in [-0.2, -0.15) is 0 Å². The first-order chi connectivity index (χ1) is 11.5. The highest BCUT2D eigenvalue weighted by atomic mass is 127. The van der Waals surface area contributed by atoms with E-state index in [0.29, 0.717) is 10.1 Å². The maximum Gasteiger partial charge on any atom is 0.264 e. The van der Waals surface area contributed by atoms with E-state index in [2.05, 4.69) is 32.9 Å². The minimum absolute atomic E-state index is 0.110. The number of nitrogens with one attached hydrogen (secondary N) is 1. The zero-order chi connectivity index (χ0) is 17.1. The van der Waals surface area contributed by atoms with Crippen LogP contribution in [0.2, 0.25) is 0 Å². The van der Waals surface area contributed by atoms with E-state index in [-0.39, 0.29) is 5.91 Å². The second kappa shape index (κ2) is 7.40. The molecule has 0 saturated carbocycles. The van der Waals surface area contributed by atoms with Crippen molar-refractivity contribution in [2.45, 2.75) is 0 Å². The number of carbonyl (C=O) groups is 1. The van der Waals surface area contributed by atoms with Gasteiger partial charge in [-0.25, -0.2) is 4.99 Å². The van der Waals surface area contributed by atoms with Crippen LogP contribution in [0.5, 0.6) is 0 Å². The molecule has 2 aromatic carbocycles. The van der Waals surface area contributed by atoms with Gasteiger partial charge in [0.1, 0.15) is 0 Å². The number of amidine groups is 1. The first-order valence-electron chi connectivity index (χ1n) is 7.34. The lowest BCUT2D eigenvalue weighted by molar-refractivity contribution is -0.115. The van der Waals surface area contributed by atoms with Gasteiger partial charge in [-0.1, -0.05) is 18.2 Å². The minimum Gasteiger partial charge on any atom is -0.378 e. The standard InChI is InChI=1S/C18H16IN3OS/c1-22(2)15-8-6-12(7-9-15)10-16-17(23)21-18(24-16)20-14-5-3-4-13(19)11-14/h3-11H,1-2H3,(H,20,21,23)/b16-10+. The lowest BCUT2D eigenvalue weighted by atomic mass is 10.2. The third kappa shape index (κ3) is 4.18. The van der Waals surface area contributed by atoms with E-state index in [1.165, 1.54) is 11.8 Å². The molecule has 1 saturated heterocycles. The fourth-order valence-electron chi connectivity index (χ4n) is 2.16. The van der Waals surface area contributed by atoms with Gasteiger partial charge in [0.25, 0.3) is 5.91 Å². The molecule has 2 aromatic rings. The van der Waals surface area contributed by atoms with Crippen LogP contribution in [0.1, 0.15) is 5.56 Å². The molecule has 3 rings (SSSR count). The number of hydrogen-bond donors (Lipinski definition) is 1. The van der Waals surface area contributed by atoms with Crippen LogP contribution in [0.25, 0.3) is 6.08 Å². The number of anilines is 1. The maximum absolute atomic E-state index is 12.1. The van der Waals surface area contributed by atoms with Crippen LogP contribution in [-0.4, -0.2) is 25.2 Å². The Morgan fingerprint density at radius 2 is 1.92 bits per heavy atom. The topological polar surface area (TPSA) is 44.7 Å². The summed E-state index contributed by atoms with van der Waals surface area (Å²) < 4.78 is 1.11. The number of carbonyl (C=O) groups excluding carboxylic acids is 1. The number of halogens is 1. The van der Waals surface area contributed by atoms with Gasteiger partial charge in [0.05, 0.1) is 10.6 Å². The van der Waals surface area contributed by atoms with Crippen molar-refractivity contribution in [2.75, 3.05) is 19.0 Å². The number of nitrogens with zero attached hydrogens (tertiary/aromatic N) is 2. The molecule has 1 fully saturated rings. The predicted octanol–water partition coefficient (Wildman–Crippen LogP) is 4.25. The Hall–Kier alpha value is -1.80. The molecule has 1 aliphatic rings. The van der Waals surface area contributed by atoms with Gasteiger partial charge in [0, 0.05) is 23.4 Å². The van der Waals surface area contributed by atoms with Crippen molar-refractivity contribution in [3.63, 3.8) is 0 Å². The summed E-state index contributed by atoms with van der Waals surface area (Å²) in [7, 11) is 4.00. The zero-order valence-electron chi connectivity index (χ0n) is 13.3.